The maximum atomic E-state index is 15.6. The molecule has 2 aromatic heterocycles. The Morgan fingerprint density at radius 3 is 2.57 bits per heavy atom. The Labute approximate surface area is 350 Å². The van der Waals surface area contributed by atoms with Crippen molar-refractivity contribution in [1.82, 2.24) is 34.3 Å². The number of carbonyl (C=O) groups is 2. The van der Waals surface area contributed by atoms with E-state index in [4.69, 9.17) is 9.47 Å². The largest absolute Gasteiger partial charge is 0.473 e. The van der Waals surface area contributed by atoms with Gasteiger partial charge in [0.25, 0.3) is 0 Å². The molecule has 2 saturated heterocycles. The molecule has 0 radical (unpaired) electrons. The van der Waals surface area contributed by atoms with Crippen molar-refractivity contribution in [1.29, 1.82) is 5.26 Å². The second-order valence-electron chi connectivity index (χ2n) is 15.1. The van der Waals surface area contributed by atoms with Crippen molar-refractivity contribution in [3.8, 4) is 23.4 Å². The van der Waals surface area contributed by atoms with Gasteiger partial charge in [-0.25, -0.2) is 32.2 Å². The summed E-state index contributed by atoms with van der Waals surface area (Å²) in [4.78, 5) is 35.6. The molecule has 3 fully saturated rings. The lowest BCUT2D eigenvalue weighted by atomic mass is 9.89. The number of hydrogen-bond acceptors (Lipinski definition) is 12. The lowest BCUT2D eigenvalue weighted by Crippen LogP contribution is -2.49. The number of alkyl halides is 1. The number of nitrogens with one attached hydrogen (secondary N) is 2. The van der Waals surface area contributed by atoms with Gasteiger partial charge < -0.3 is 19.1 Å². The van der Waals surface area contributed by atoms with Crippen molar-refractivity contribution in [3.63, 3.8) is 0 Å². The van der Waals surface area contributed by atoms with E-state index in [1.807, 2.05) is 24.3 Å². The minimum absolute atomic E-state index is 0.0491. The fraction of sp³-hybridized carbons (Fsp3) is 0.429. The number of urea groups is 1. The molecule has 0 atom stereocenters. The zero-order valence-corrected chi connectivity index (χ0v) is 34.5. The number of aryl methyl sites for hydroxylation is 1. The average molecular weight is 845 g/mol. The van der Waals surface area contributed by atoms with Gasteiger partial charge in [0, 0.05) is 69.3 Å². The van der Waals surface area contributed by atoms with Crippen molar-refractivity contribution in [2.45, 2.75) is 70.0 Å². The molecule has 0 bridgehead atoms. The van der Waals surface area contributed by atoms with Crippen LogP contribution in [0.4, 0.5) is 29.5 Å². The Hall–Kier alpha value is -5.64. The van der Waals surface area contributed by atoms with Crippen LogP contribution in [0.2, 0.25) is 0 Å². The third-order valence-corrected chi connectivity index (χ3v) is 11.9. The molecule has 1 aliphatic carbocycles. The summed E-state index contributed by atoms with van der Waals surface area (Å²) in [5.74, 6) is -0.687. The topological polar surface area (TPSA) is 154 Å². The standard InChI is InChI=1S/C30H36F2N6O2S.C12H11FN4O2/c1-3-37(2)41-36-25-12-10-24(31)29(23(25)18-33)40-22-9-11-26-27(17-22)35-28(19-34-26)39-20-30(32)13-15-38(16-14-30)21-7-5-4-6-8-21;1-16-9-3-2-7(13)6-8(9)11(15-16)17-5-4-10(18)14-12(17)19/h9-12,17,19,21,36H,3-8,13-16,20H2,1-2H3;2-3,6H,4-5H2,1H3,(H,14,18,19). The molecule has 0 unspecified atom stereocenters. The SMILES string of the molecule is CCN(C)SNc1ccc(F)c(Oc2ccc3ncc(OCC4(F)CCN(C5CCCCC5)CC4)nc3c2)c1C#N.Cn1nc(N2CCC(=O)NC2=O)c2cc(F)ccc21. The van der Waals surface area contributed by atoms with Crippen LogP contribution < -0.4 is 24.4 Å². The molecule has 5 aromatic rings. The van der Waals surface area contributed by atoms with Gasteiger partial charge in [0.1, 0.15) is 35.5 Å². The molecule has 14 nitrogen and oxygen atoms in total. The summed E-state index contributed by atoms with van der Waals surface area (Å²) in [5.41, 5.74) is 0.842. The summed E-state index contributed by atoms with van der Waals surface area (Å²) < 4.78 is 61.9. The van der Waals surface area contributed by atoms with Gasteiger partial charge in [-0.2, -0.15) is 10.4 Å². The number of benzene rings is 3. The highest BCUT2D eigenvalue weighted by Crippen LogP contribution is 2.36. The number of fused-ring (bicyclic) bond motifs is 2. The first-order valence-corrected chi connectivity index (χ1v) is 20.8. The highest BCUT2D eigenvalue weighted by molar-refractivity contribution is 7.98. The van der Waals surface area contributed by atoms with Crippen molar-refractivity contribution in [2.24, 2.45) is 7.05 Å². The quantitative estimate of drug-likeness (QED) is 0.124. The highest BCUT2D eigenvalue weighted by atomic mass is 32.2. The predicted octanol–water partition coefficient (Wildman–Crippen LogP) is 8.03. The molecule has 60 heavy (non-hydrogen) atoms. The fourth-order valence-corrected chi connectivity index (χ4v) is 8.09. The molecule has 2 aliphatic heterocycles. The Balaban J connectivity index is 0.000000238. The second kappa shape index (κ2) is 18.7. The number of rotatable bonds is 11. The maximum Gasteiger partial charge on any atom is 0.329 e. The van der Waals surface area contributed by atoms with Gasteiger partial charge in [-0.1, -0.05) is 26.2 Å². The van der Waals surface area contributed by atoms with Crippen molar-refractivity contribution < 1.29 is 32.2 Å². The molecule has 18 heteroatoms. The molecule has 3 amide bonds. The molecule has 1 saturated carbocycles. The number of likely N-dealkylation sites (tertiary alicyclic amines) is 1. The average Bonchev–Trinajstić information content (AvgIpc) is 3.57. The number of aromatic nitrogens is 4. The third kappa shape index (κ3) is 9.86. The van der Waals surface area contributed by atoms with Gasteiger partial charge >= 0.3 is 6.03 Å². The molecule has 2 N–H and O–H groups in total. The van der Waals surface area contributed by atoms with Crippen LogP contribution in [0, 0.1) is 23.0 Å². The number of anilines is 2. The molecule has 3 aromatic carbocycles. The molecule has 0 spiro atoms. The van der Waals surface area contributed by atoms with E-state index in [1.54, 1.807) is 36.0 Å². The number of carbonyl (C=O) groups excluding carboxylic acids is 2. The number of nitriles is 1. The van der Waals surface area contributed by atoms with Crippen molar-refractivity contribution >= 4 is 57.5 Å². The molecule has 8 rings (SSSR count). The monoisotopic (exact) mass is 844 g/mol. The molecular formula is C42H47F3N10O4S. The number of hydrogen-bond donors (Lipinski definition) is 2. The van der Waals surface area contributed by atoms with E-state index < -0.39 is 23.3 Å². The number of piperidine rings is 1. The van der Waals surface area contributed by atoms with Crippen LogP contribution in [0.5, 0.6) is 17.4 Å². The van der Waals surface area contributed by atoms with Crippen LogP contribution in [-0.4, -0.2) is 92.4 Å². The number of amides is 3. The number of ether oxygens (including phenoxy) is 2. The van der Waals surface area contributed by atoms with Crippen molar-refractivity contribution in [2.75, 3.05) is 49.5 Å². The fourth-order valence-electron chi connectivity index (χ4n) is 7.54. The minimum Gasteiger partial charge on any atom is -0.473 e. The van der Waals surface area contributed by atoms with Gasteiger partial charge in [0.2, 0.25) is 11.8 Å². The summed E-state index contributed by atoms with van der Waals surface area (Å²) in [7, 11) is 3.61. The maximum absolute atomic E-state index is 15.6. The van der Waals surface area contributed by atoms with Crippen LogP contribution in [0.3, 0.4) is 0 Å². The Bertz CT molecular complexity index is 2400. The first-order chi connectivity index (χ1) is 28.9. The van der Waals surface area contributed by atoms with Crippen LogP contribution in [0.25, 0.3) is 21.9 Å². The number of nitrogens with zero attached hydrogens (tertiary/aromatic N) is 8. The van der Waals surface area contributed by atoms with E-state index in [9.17, 15) is 23.6 Å². The normalized spacial score (nSPS) is 17.3. The third-order valence-electron chi connectivity index (χ3n) is 11.1. The van der Waals surface area contributed by atoms with E-state index in [0.717, 1.165) is 25.2 Å². The van der Waals surface area contributed by atoms with Crippen molar-refractivity contribution in [3.05, 3.63) is 71.9 Å². The van der Waals surface area contributed by atoms with E-state index >= 15 is 4.39 Å². The predicted molar refractivity (Wildman–Crippen MR) is 223 cm³/mol. The molecule has 4 heterocycles. The minimum atomic E-state index is -1.40. The van der Waals surface area contributed by atoms with Gasteiger partial charge in [0.05, 0.1) is 28.4 Å². The summed E-state index contributed by atoms with van der Waals surface area (Å²) in [6.45, 7) is 4.44. The van der Waals surface area contributed by atoms with Crippen LogP contribution in [0.15, 0.2) is 54.7 Å². The first-order valence-electron chi connectivity index (χ1n) is 20.0. The number of halogens is 3. The van der Waals surface area contributed by atoms with Gasteiger partial charge in [-0.05, 0) is 75.2 Å². The van der Waals surface area contributed by atoms with Crippen LogP contribution >= 0.6 is 12.1 Å². The molecule has 316 valence electrons. The Morgan fingerprint density at radius 2 is 1.83 bits per heavy atom. The summed E-state index contributed by atoms with van der Waals surface area (Å²) in [5, 5.41) is 16.8. The van der Waals surface area contributed by atoms with E-state index in [1.165, 1.54) is 79.6 Å². The van der Waals surface area contributed by atoms with E-state index in [0.29, 0.717) is 46.8 Å². The Kier molecular flexibility index (Phi) is 13.3. The van der Waals surface area contributed by atoms with Crippen LogP contribution in [-0.2, 0) is 11.8 Å². The summed E-state index contributed by atoms with van der Waals surface area (Å²) in [6.07, 6.45) is 8.86. The first kappa shape index (κ1) is 42.5. The molecule has 3 aliphatic rings. The Morgan fingerprint density at radius 1 is 1.05 bits per heavy atom. The van der Waals surface area contributed by atoms with E-state index in [-0.39, 0.29) is 48.4 Å². The number of imide groups is 1. The zero-order chi connectivity index (χ0) is 42.4. The lowest BCUT2D eigenvalue weighted by Gasteiger charge is -2.41. The smallest absolute Gasteiger partial charge is 0.329 e. The summed E-state index contributed by atoms with van der Waals surface area (Å²) >= 11 is 1.30. The lowest BCUT2D eigenvalue weighted by molar-refractivity contribution is -0.120. The summed E-state index contributed by atoms with van der Waals surface area (Å²) in [6, 6.07) is 14.1. The van der Waals surface area contributed by atoms with Crippen LogP contribution in [0.1, 0.15) is 63.9 Å². The van der Waals surface area contributed by atoms with Gasteiger partial charge in [-0.15, -0.1) is 0 Å². The van der Waals surface area contributed by atoms with E-state index in [2.05, 4.69) is 30.0 Å². The zero-order valence-electron chi connectivity index (χ0n) is 33.7. The van der Waals surface area contributed by atoms with Gasteiger partial charge in [-0.3, -0.25) is 19.7 Å². The molecular weight excluding hydrogens is 798 g/mol. The second-order valence-corrected chi connectivity index (χ2v) is 16.2. The van der Waals surface area contributed by atoms with Gasteiger partial charge in [0.15, 0.2) is 17.4 Å². The highest BCUT2D eigenvalue weighted by Gasteiger charge is 2.38.